The van der Waals surface area contributed by atoms with Gasteiger partial charge in [0.2, 0.25) is 0 Å². The molecule has 3 rings (SSSR count). The molecule has 110 valence electrons. The van der Waals surface area contributed by atoms with Gasteiger partial charge in [0.1, 0.15) is 5.75 Å². The highest BCUT2D eigenvalue weighted by molar-refractivity contribution is 5.75. The van der Waals surface area contributed by atoms with Gasteiger partial charge in [-0.2, -0.15) is 5.26 Å². The van der Waals surface area contributed by atoms with Crippen LogP contribution in [0.4, 0.5) is 0 Å². The first-order chi connectivity index (χ1) is 10.2. The first kappa shape index (κ1) is 14.1. The Hall–Kier alpha value is -1.86. The molecule has 4 nitrogen and oxygen atoms in total. The highest BCUT2D eigenvalue weighted by atomic mass is 16.6. The van der Waals surface area contributed by atoms with Crippen LogP contribution in [0.3, 0.4) is 0 Å². The predicted molar refractivity (Wildman–Crippen MR) is 76.6 cm³/mol. The summed E-state index contributed by atoms with van der Waals surface area (Å²) < 4.78 is 10.7. The van der Waals surface area contributed by atoms with Crippen molar-refractivity contribution in [3.05, 3.63) is 29.8 Å². The molecule has 0 bridgehead atoms. The minimum Gasteiger partial charge on any atom is -0.426 e. The molecule has 1 saturated carbocycles. The maximum atomic E-state index is 12.2. The largest absolute Gasteiger partial charge is 0.426 e. The Morgan fingerprint density at radius 1 is 1.24 bits per heavy atom. The lowest BCUT2D eigenvalue weighted by atomic mass is 9.80. The summed E-state index contributed by atoms with van der Waals surface area (Å²) in [6, 6.07) is 8.72. The van der Waals surface area contributed by atoms with Gasteiger partial charge in [-0.1, -0.05) is 0 Å². The zero-order valence-corrected chi connectivity index (χ0v) is 12.0. The van der Waals surface area contributed by atoms with Gasteiger partial charge in [0.05, 0.1) is 30.3 Å². The SMILES string of the molecule is N#Cc1ccc(OC(=O)C2CCC(CC3CO3)CC2)cc1. The van der Waals surface area contributed by atoms with Crippen LogP contribution >= 0.6 is 0 Å². The van der Waals surface area contributed by atoms with E-state index in [0.717, 1.165) is 38.7 Å². The monoisotopic (exact) mass is 285 g/mol. The summed E-state index contributed by atoms with van der Waals surface area (Å²) in [5.74, 6) is 1.10. The number of ether oxygens (including phenoxy) is 2. The second-order valence-electron chi connectivity index (χ2n) is 5.97. The van der Waals surface area contributed by atoms with Crippen LogP contribution in [-0.2, 0) is 9.53 Å². The molecule has 4 heteroatoms. The maximum Gasteiger partial charge on any atom is 0.314 e. The van der Waals surface area contributed by atoms with Crippen molar-refractivity contribution in [2.75, 3.05) is 6.61 Å². The highest BCUT2D eigenvalue weighted by Crippen LogP contribution is 2.34. The second kappa shape index (κ2) is 6.28. The molecule has 2 aliphatic rings. The van der Waals surface area contributed by atoms with E-state index in [1.165, 1.54) is 0 Å². The molecule has 0 radical (unpaired) electrons. The molecule has 1 saturated heterocycles. The molecule has 21 heavy (non-hydrogen) atoms. The molecule has 1 aromatic rings. The first-order valence-corrected chi connectivity index (χ1v) is 7.58. The van der Waals surface area contributed by atoms with E-state index in [4.69, 9.17) is 14.7 Å². The van der Waals surface area contributed by atoms with E-state index in [2.05, 4.69) is 0 Å². The van der Waals surface area contributed by atoms with Gasteiger partial charge in [-0.3, -0.25) is 4.79 Å². The van der Waals surface area contributed by atoms with Gasteiger partial charge in [0, 0.05) is 0 Å². The van der Waals surface area contributed by atoms with Crippen LogP contribution in [0.15, 0.2) is 24.3 Å². The molecule has 1 aliphatic carbocycles. The number of hydrogen-bond acceptors (Lipinski definition) is 4. The van der Waals surface area contributed by atoms with Gasteiger partial charge >= 0.3 is 5.97 Å². The van der Waals surface area contributed by atoms with E-state index >= 15 is 0 Å². The van der Waals surface area contributed by atoms with Gasteiger partial charge in [-0.25, -0.2) is 0 Å². The number of rotatable bonds is 4. The molecule has 1 heterocycles. The fourth-order valence-corrected chi connectivity index (χ4v) is 3.01. The number of esters is 1. The van der Waals surface area contributed by atoms with Crippen molar-refractivity contribution in [2.45, 2.75) is 38.2 Å². The van der Waals surface area contributed by atoms with Crippen LogP contribution in [0.1, 0.15) is 37.7 Å². The summed E-state index contributed by atoms with van der Waals surface area (Å²) in [4.78, 5) is 12.2. The lowest BCUT2D eigenvalue weighted by molar-refractivity contribution is -0.140. The van der Waals surface area contributed by atoms with Crippen molar-refractivity contribution in [1.82, 2.24) is 0 Å². The van der Waals surface area contributed by atoms with Crippen LogP contribution in [-0.4, -0.2) is 18.7 Å². The number of epoxide rings is 1. The van der Waals surface area contributed by atoms with Gasteiger partial charge in [-0.05, 0) is 62.3 Å². The van der Waals surface area contributed by atoms with Gasteiger partial charge in [-0.15, -0.1) is 0 Å². The molecule has 1 aliphatic heterocycles. The summed E-state index contributed by atoms with van der Waals surface area (Å²) in [7, 11) is 0. The topological polar surface area (TPSA) is 62.6 Å². The van der Waals surface area contributed by atoms with Crippen LogP contribution < -0.4 is 4.74 Å². The van der Waals surface area contributed by atoms with E-state index in [0.29, 0.717) is 23.3 Å². The Balaban J connectivity index is 1.48. The zero-order chi connectivity index (χ0) is 14.7. The van der Waals surface area contributed by atoms with Crippen molar-refractivity contribution in [3.8, 4) is 11.8 Å². The molecule has 1 aromatic carbocycles. The predicted octanol–water partition coefficient (Wildman–Crippen LogP) is 3.06. The van der Waals surface area contributed by atoms with Crippen molar-refractivity contribution in [2.24, 2.45) is 11.8 Å². The average Bonchev–Trinajstić information content (AvgIpc) is 3.33. The molecule has 0 spiro atoms. The maximum absolute atomic E-state index is 12.2. The molecule has 2 fully saturated rings. The number of hydrogen-bond donors (Lipinski definition) is 0. The van der Waals surface area contributed by atoms with Gasteiger partial charge in [0.25, 0.3) is 0 Å². The first-order valence-electron chi connectivity index (χ1n) is 7.58. The fourth-order valence-electron chi connectivity index (χ4n) is 3.01. The Morgan fingerprint density at radius 3 is 2.48 bits per heavy atom. The summed E-state index contributed by atoms with van der Waals surface area (Å²) in [6.07, 6.45) is 5.63. The second-order valence-corrected chi connectivity index (χ2v) is 5.97. The van der Waals surface area contributed by atoms with Crippen molar-refractivity contribution < 1.29 is 14.3 Å². The van der Waals surface area contributed by atoms with E-state index in [-0.39, 0.29) is 11.9 Å². The third kappa shape index (κ3) is 3.83. The Labute approximate surface area is 124 Å². The van der Waals surface area contributed by atoms with E-state index < -0.39 is 0 Å². The smallest absolute Gasteiger partial charge is 0.314 e. The van der Waals surface area contributed by atoms with Crippen molar-refractivity contribution in [1.29, 1.82) is 5.26 Å². The van der Waals surface area contributed by atoms with Crippen LogP contribution in [0.25, 0.3) is 0 Å². The summed E-state index contributed by atoms with van der Waals surface area (Å²) >= 11 is 0. The number of nitrogens with zero attached hydrogens (tertiary/aromatic N) is 1. The quantitative estimate of drug-likeness (QED) is 0.484. The van der Waals surface area contributed by atoms with E-state index in [1.54, 1.807) is 24.3 Å². The van der Waals surface area contributed by atoms with E-state index in [9.17, 15) is 4.79 Å². The van der Waals surface area contributed by atoms with Crippen molar-refractivity contribution >= 4 is 5.97 Å². The summed E-state index contributed by atoms with van der Waals surface area (Å²) in [6.45, 7) is 0.917. The summed E-state index contributed by atoms with van der Waals surface area (Å²) in [5, 5.41) is 8.74. The normalized spacial score (nSPS) is 27.7. The minimum absolute atomic E-state index is 0.0111. The standard InChI is InChI=1S/C17H19NO3/c18-10-13-3-7-15(8-4-13)21-17(19)14-5-1-12(2-6-14)9-16-11-20-16/h3-4,7-8,12,14,16H,1-2,5-6,9,11H2. The minimum atomic E-state index is -0.138. The number of carbonyl (C=O) groups is 1. The lowest BCUT2D eigenvalue weighted by Gasteiger charge is -2.26. The molecule has 0 aromatic heterocycles. The molecule has 0 N–H and O–H groups in total. The molecular formula is C17H19NO3. The molecule has 1 unspecified atom stereocenters. The van der Waals surface area contributed by atoms with Crippen molar-refractivity contribution in [3.63, 3.8) is 0 Å². The highest BCUT2D eigenvalue weighted by Gasteiger charge is 2.32. The summed E-state index contributed by atoms with van der Waals surface area (Å²) in [5.41, 5.74) is 0.567. The Morgan fingerprint density at radius 2 is 1.90 bits per heavy atom. The fraction of sp³-hybridized carbons (Fsp3) is 0.529. The number of carbonyl (C=O) groups excluding carboxylic acids is 1. The molecular weight excluding hydrogens is 266 g/mol. The third-order valence-electron chi connectivity index (χ3n) is 4.38. The van der Waals surface area contributed by atoms with E-state index in [1.807, 2.05) is 6.07 Å². The lowest BCUT2D eigenvalue weighted by Crippen LogP contribution is -2.26. The van der Waals surface area contributed by atoms with Crippen LogP contribution in [0.2, 0.25) is 0 Å². The van der Waals surface area contributed by atoms with Gasteiger partial charge in [0.15, 0.2) is 0 Å². The number of benzene rings is 1. The number of nitriles is 1. The molecule has 1 atom stereocenters. The Kier molecular flexibility index (Phi) is 4.21. The van der Waals surface area contributed by atoms with Gasteiger partial charge < -0.3 is 9.47 Å². The van der Waals surface area contributed by atoms with Crippen LogP contribution in [0.5, 0.6) is 5.75 Å². The van der Waals surface area contributed by atoms with Crippen LogP contribution in [0, 0.1) is 23.2 Å². The third-order valence-corrected chi connectivity index (χ3v) is 4.38. The molecule has 0 amide bonds. The Bertz CT molecular complexity index is 534. The average molecular weight is 285 g/mol. The zero-order valence-electron chi connectivity index (χ0n) is 12.0.